The molecule has 4 nitrogen and oxygen atoms in total. The van der Waals surface area contributed by atoms with Crippen molar-refractivity contribution in [3.63, 3.8) is 0 Å². The summed E-state index contributed by atoms with van der Waals surface area (Å²) in [6.45, 7) is 0. The second-order valence-electron chi connectivity index (χ2n) is 4.81. The van der Waals surface area contributed by atoms with Gasteiger partial charge in [0.05, 0.1) is 10.1 Å². The van der Waals surface area contributed by atoms with E-state index in [2.05, 4.69) is 0 Å². The van der Waals surface area contributed by atoms with E-state index in [1.165, 1.54) is 24.3 Å². The molecule has 0 fully saturated rings. The molecule has 24 heavy (non-hydrogen) atoms. The summed E-state index contributed by atoms with van der Waals surface area (Å²) in [4.78, 5) is 23.9. The van der Waals surface area contributed by atoms with Crippen molar-refractivity contribution >= 4 is 81.5 Å². The summed E-state index contributed by atoms with van der Waals surface area (Å²) in [7, 11) is 0. The van der Waals surface area contributed by atoms with Gasteiger partial charge < -0.3 is 9.47 Å². The van der Waals surface area contributed by atoms with Gasteiger partial charge in [0.1, 0.15) is 0 Å². The van der Waals surface area contributed by atoms with Crippen LogP contribution in [0.5, 0.6) is 0 Å². The number of alkyl halides is 2. The highest BCUT2D eigenvalue weighted by atomic mass is 35.5. The first-order valence-electron chi connectivity index (χ1n) is 6.36. The quantitative estimate of drug-likeness (QED) is 0.326. The molecular formula is C14H8Cl6O4. The molecule has 2 rings (SSSR count). The van der Waals surface area contributed by atoms with Gasteiger partial charge >= 0.3 is 11.9 Å². The molecule has 0 aromatic heterocycles. The first-order chi connectivity index (χ1) is 11.1. The smallest absolute Gasteiger partial charge is 0.419 e. The van der Waals surface area contributed by atoms with Crippen molar-refractivity contribution in [3.8, 4) is 0 Å². The van der Waals surface area contributed by atoms with E-state index in [1.54, 1.807) is 0 Å². The third-order valence-corrected chi connectivity index (χ3v) is 5.46. The lowest BCUT2D eigenvalue weighted by Gasteiger charge is -2.29. The Morgan fingerprint density at radius 1 is 0.792 bits per heavy atom. The van der Waals surface area contributed by atoms with Gasteiger partial charge in [-0.3, -0.25) is 0 Å². The summed E-state index contributed by atoms with van der Waals surface area (Å²) < 4.78 is 9.86. The highest BCUT2D eigenvalue weighted by molar-refractivity contribution is 6.43. The molecule has 0 amide bonds. The molecule has 0 N–H and O–H groups in total. The van der Waals surface area contributed by atoms with Crippen molar-refractivity contribution in [3.05, 3.63) is 44.4 Å². The van der Waals surface area contributed by atoms with Crippen molar-refractivity contribution in [1.82, 2.24) is 0 Å². The number of allylic oxidation sites excluding steroid dienone is 4. The lowest BCUT2D eigenvalue weighted by atomic mass is 10.1. The highest BCUT2D eigenvalue weighted by Crippen LogP contribution is 2.41. The fraction of sp³-hybridized carbons (Fsp3) is 0.286. The number of hydrogen-bond donors (Lipinski definition) is 0. The number of rotatable bonds is 2. The molecule has 0 spiro atoms. The van der Waals surface area contributed by atoms with E-state index in [0.717, 1.165) is 0 Å². The van der Waals surface area contributed by atoms with Gasteiger partial charge in [-0.1, -0.05) is 81.8 Å². The fourth-order valence-corrected chi connectivity index (χ4v) is 3.14. The van der Waals surface area contributed by atoms with E-state index in [0.29, 0.717) is 10.1 Å². The van der Waals surface area contributed by atoms with Gasteiger partial charge in [-0.2, -0.15) is 0 Å². The van der Waals surface area contributed by atoms with Crippen LogP contribution in [0.25, 0.3) is 0 Å². The van der Waals surface area contributed by atoms with E-state index in [1.807, 2.05) is 0 Å². The molecule has 130 valence electrons. The minimum absolute atomic E-state index is 0.0211. The number of ether oxygens (including phenoxy) is 2. The van der Waals surface area contributed by atoms with Gasteiger partial charge in [0.2, 0.25) is 10.1 Å². The molecule has 0 bridgehead atoms. The van der Waals surface area contributed by atoms with Crippen LogP contribution < -0.4 is 0 Å². The van der Waals surface area contributed by atoms with Crippen molar-refractivity contribution in [2.24, 2.45) is 0 Å². The van der Waals surface area contributed by atoms with E-state index < -0.39 is 22.1 Å². The van der Waals surface area contributed by atoms with Crippen molar-refractivity contribution in [2.45, 2.75) is 23.0 Å². The van der Waals surface area contributed by atoms with Gasteiger partial charge in [0, 0.05) is 22.9 Å². The lowest BCUT2D eigenvalue weighted by molar-refractivity contribution is -0.174. The molecular weight excluding hydrogens is 445 g/mol. The maximum Gasteiger partial charge on any atom is 0.419 e. The highest BCUT2D eigenvalue weighted by Gasteiger charge is 2.43. The van der Waals surface area contributed by atoms with Crippen LogP contribution in [-0.2, 0) is 19.1 Å². The largest absolute Gasteiger partial charge is 0.429 e. The normalized spacial score (nSPS) is 29.8. The Kier molecular flexibility index (Phi) is 6.22. The summed E-state index contributed by atoms with van der Waals surface area (Å²) in [5, 5.41) is -2.93. The van der Waals surface area contributed by atoms with Crippen LogP contribution >= 0.6 is 69.6 Å². The molecule has 2 aliphatic carbocycles. The van der Waals surface area contributed by atoms with Gasteiger partial charge in [-0.15, -0.1) is 0 Å². The van der Waals surface area contributed by atoms with E-state index in [4.69, 9.17) is 79.1 Å². The van der Waals surface area contributed by atoms with Gasteiger partial charge in [-0.25, -0.2) is 9.59 Å². The van der Waals surface area contributed by atoms with Crippen LogP contribution in [0.15, 0.2) is 44.4 Å². The van der Waals surface area contributed by atoms with Gasteiger partial charge in [0.15, 0.2) is 0 Å². The molecule has 10 heteroatoms. The summed E-state index contributed by atoms with van der Waals surface area (Å²) in [6, 6.07) is 0. The van der Waals surface area contributed by atoms with E-state index in [9.17, 15) is 9.59 Å². The average molecular weight is 453 g/mol. The monoisotopic (exact) mass is 450 g/mol. The zero-order valence-electron chi connectivity index (χ0n) is 11.6. The molecule has 0 radical (unpaired) electrons. The number of hydrogen-bond acceptors (Lipinski definition) is 4. The third kappa shape index (κ3) is 4.43. The summed E-state index contributed by atoms with van der Waals surface area (Å²) >= 11 is 35.6. The SMILES string of the molecule is O=C(OC1(Cl)CC=C(Cl)C=C1Cl)C(=O)OC1(Cl)CC=C(Cl)C=C1Cl. The third-order valence-electron chi connectivity index (χ3n) is 3.04. The second-order valence-corrected chi connectivity index (χ2v) is 7.72. The van der Waals surface area contributed by atoms with Crippen LogP contribution in [0.3, 0.4) is 0 Å². The summed E-state index contributed by atoms with van der Waals surface area (Å²) in [6.07, 6.45) is 5.52. The maximum atomic E-state index is 11.9. The van der Waals surface area contributed by atoms with Crippen LogP contribution in [0.1, 0.15) is 12.8 Å². The molecule has 0 aliphatic heterocycles. The average Bonchev–Trinajstić information content (AvgIpc) is 2.48. The predicted octanol–water partition coefficient (Wildman–Crippen LogP) is 5.24. The molecule has 0 heterocycles. The molecule has 2 unspecified atom stereocenters. The van der Waals surface area contributed by atoms with Crippen molar-refractivity contribution in [2.75, 3.05) is 0 Å². The fourth-order valence-electron chi connectivity index (χ4n) is 1.79. The number of carbonyl (C=O) groups is 2. The zero-order chi connectivity index (χ0) is 18.1. The lowest BCUT2D eigenvalue weighted by Crippen LogP contribution is -2.38. The summed E-state index contributed by atoms with van der Waals surface area (Å²) in [5.41, 5.74) is 0. The van der Waals surface area contributed by atoms with Crippen LogP contribution in [-0.4, -0.2) is 22.1 Å². The molecule has 2 aliphatic rings. The molecule has 2 atom stereocenters. The Balaban J connectivity index is 2.05. The minimum atomic E-state index is -1.75. The van der Waals surface area contributed by atoms with Crippen molar-refractivity contribution in [1.29, 1.82) is 0 Å². The maximum absolute atomic E-state index is 11.9. The molecule has 0 saturated heterocycles. The second kappa shape index (κ2) is 7.48. The topological polar surface area (TPSA) is 52.6 Å². The first kappa shape index (κ1) is 20.0. The molecule has 0 aromatic rings. The van der Waals surface area contributed by atoms with Gasteiger partial charge in [-0.05, 0) is 12.2 Å². The Morgan fingerprint density at radius 2 is 1.12 bits per heavy atom. The number of carbonyl (C=O) groups excluding carboxylic acids is 2. The Hall–Kier alpha value is -0.360. The molecule has 0 saturated carbocycles. The Labute approximate surface area is 167 Å². The Morgan fingerprint density at radius 3 is 1.42 bits per heavy atom. The van der Waals surface area contributed by atoms with E-state index in [-0.39, 0.29) is 22.9 Å². The predicted molar refractivity (Wildman–Crippen MR) is 94.3 cm³/mol. The van der Waals surface area contributed by atoms with Crippen LogP contribution in [0.4, 0.5) is 0 Å². The van der Waals surface area contributed by atoms with Crippen LogP contribution in [0.2, 0.25) is 0 Å². The zero-order valence-corrected chi connectivity index (χ0v) is 16.2. The summed E-state index contributed by atoms with van der Waals surface area (Å²) in [5.74, 6) is -2.76. The molecule has 0 aromatic carbocycles. The number of halogens is 6. The standard InChI is InChI=1S/C14H8Cl6O4/c15-7-1-3-13(19,9(17)5-7)23-11(21)12(22)24-14(20)4-2-8(16)6-10(14)18/h1-2,5-6H,3-4H2. The number of esters is 2. The van der Waals surface area contributed by atoms with Gasteiger partial charge in [0.25, 0.3) is 0 Å². The van der Waals surface area contributed by atoms with Crippen molar-refractivity contribution < 1.29 is 19.1 Å². The minimum Gasteiger partial charge on any atom is -0.429 e. The first-order valence-corrected chi connectivity index (χ1v) is 8.63. The van der Waals surface area contributed by atoms with Crippen LogP contribution in [0, 0.1) is 0 Å². The van der Waals surface area contributed by atoms with E-state index >= 15 is 0 Å². The Bertz CT molecular complexity index is 650.